The molecule has 3 heterocycles. The highest BCUT2D eigenvalue weighted by Gasteiger charge is 2.23. The number of benzene rings is 1. The van der Waals surface area contributed by atoms with Crippen LogP contribution in [0.25, 0.3) is 10.9 Å². The van der Waals surface area contributed by atoms with Gasteiger partial charge < -0.3 is 10.8 Å². The topological polar surface area (TPSA) is 121 Å². The number of nitrogen functional groups attached to an aromatic ring is 1. The van der Waals surface area contributed by atoms with Crippen LogP contribution in [0.1, 0.15) is 46.1 Å². The number of aryl methyl sites for hydroxylation is 2. The molecule has 7 nitrogen and oxygen atoms in total. The Labute approximate surface area is 193 Å². The van der Waals surface area contributed by atoms with Gasteiger partial charge in [-0.2, -0.15) is 5.26 Å². The number of nitriles is 1. The molecule has 166 valence electrons. The van der Waals surface area contributed by atoms with E-state index in [1.165, 1.54) is 0 Å². The van der Waals surface area contributed by atoms with E-state index in [-0.39, 0.29) is 5.82 Å². The van der Waals surface area contributed by atoms with Crippen molar-refractivity contribution in [2.45, 2.75) is 39.5 Å². The third kappa shape index (κ3) is 4.98. The molecule has 0 fully saturated rings. The van der Waals surface area contributed by atoms with E-state index in [9.17, 15) is 10.4 Å². The predicted molar refractivity (Wildman–Crippen MR) is 128 cm³/mol. The summed E-state index contributed by atoms with van der Waals surface area (Å²) in [6.07, 6.45) is 4.21. The molecule has 0 aliphatic carbocycles. The van der Waals surface area contributed by atoms with Crippen LogP contribution in [0.3, 0.4) is 0 Å². The molecule has 3 aromatic heterocycles. The van der Waals surface area contributed by atoms with Gasteiger partial charge in [0.1, 0.15) is 17.6 Å². The van der Waals surface area contributed by atoms with Gasteiger partial charge in [-0.05, 0) is 73.9 Å². The number of hydrogen-bond acceptors (Lipinski definition) is 7. The second kappa shape index (κ2) is 8.94. The van der Waals surface area contributed by atoms with Crippen LogP contribution in [-0.2, 0) is 18.7 Å². The second-order valence-electron chi connectivity index (χ2n) is 8.46. The highest BCUT2D eigenvalue weighted by Crippen LogP contribution is 2.22. The summed E-state index contributed by atoms with van der Waals surface area (Å²) in [5.41, 5.74) is 11.1. The van der Waals surface area contributed by atoms with Crippen LogP contribution in [-0.4, -0.2) is 20.1 Å². The lowest BCUT2D eigenvalue weighted by Gasteiger charge is -2.26. The number of pyridine rings is 3. The smallest absolute Gasteiger partial charge is 0.141 e. The fourth-order valence-electron chi connectivity index (χ4n) is 3.79. The van der Waals surface area contributed by atoms with E-state index in [0.29, 0.717) is 29.8 Å². The van der Waals surface area contributed by atoms with Crippen molar-refractivity contribution in [3.05, 3.63) is 94.1 Å². The van der Waals surface area contributed by atoms with E-state index in [2.05, 4.69) is 38.5 Å². The quantitative estimate of drug-likeness (QED) is 0.393. The lowest BCUT2D eigenvalue weighted by molar-refractivity contribution is 0.0176. The zero-order valence-corrected chi connectivity index (χ0v) is 18.9. The van der Waals surface area contributed by atoms with E-state index < -0.39 is 5.72 Å². The Hall–Kier alpha value is -3.86. The summed E-state index contributed by atoms with van der Waals surface area (Å²) >= 11 is 0. The Balaban J connectivity index is 1.52. The highest BCUT2D eigenvalue weighted by molar-refractivity contribution is 5.79. The molecule has 1 aromatic carbocycles. The van der Waals surface area contributed by atoms with Gasteiger partial charge in [-0.25, -0.2) is 4.98 Å². The first-order chi connectivity index (χ1) is 15.7. The van der Waals surface area contributed by atoms with Crippen molar-refractivity contribution >= 4 is 16.7 Å². The minimum atomic E-state index is -1.30. The average Bonchev–Trinajstić information content (AvgIpc) is 2.78. The normalized spacial score (nSPS) is 12.9. The Morgan fingerprint density at radius 3 is 2.73 bits per heavy atom. The molecule has 1 unspecified atom stereocenters. The first kappa shape index (κ1) is 22.3. The Morgan fingerprint density at radius 1 is 1.12 bits per heavy atom. The van der Waals surface area contributed by atoms with Gasteiger partial charge in [0.25, 0.3) is 0 Å². The van der Waals surface area contributed by atoms with Crippen molar-refractivity contribution in [1.82, 2.24) is 20.3 Å². The summed E-state index contributed by atoms with van der Waals surface area (Å²) in [7, 11) is 0. The number of aromatic nitrogens is 3. The Morgan fingerprint density at radius 2 is 1.94 bits per heavy atom. The van der Waals surface area contributed by atoms with Crippen LogP contribution in [0.4, 0.5) is 5.82 Å². The fourth-order valence-corrected chi connectivity index (χ4v) is 3.79. The third-order valence-electron chi connectivity index (χ3n) is 5.74. The number of rotatable bonds is 6. The van der Waals surface area contributed by atoms with Crippen LogP contribution in [0.15, 0.2) is 54.9 Å². The summed E-state index contributed by atoms with van der Waals surface area (Å²) in [6, 6.07) is 15.8. The SMILES string of the molecule is Cc1cnc2ccc(Cc3cc(C(C)(O)NCc4cc(C#N)c(N)nc4C)ccn3)cc2c1. The molecule has 7 heteroatoms. The van der Waals surface area contributed by atoms with Crippen molar-refractivity contribution in [3.8, 4) is 6.07 Å². The number of hydrogen-bond donors (Lipinski definition) is 3. The number of nitrogens with zero attached hydrogens (tertiary/aromatic N) is 4. The Kier molecular flexibility index (Phi) is 6.05. The summed E-state index contributed by atoms with van der Waals surface area (Å²) in [5.74, 6) is 0.212. The molecule has 4 aromatic rings. The molecule has 0 saturated carbocycles. The summed E-state index contributed by atoms with van der Waals surface area (Å²) in [5, 5.41) is 24.6. The highest BCUT2D eigenvalue weighted by atomic mass is 16.3. The van der Waals surface area contributed by atoms with Gasteiger partial charge in [-0.15, -0.1) is 0 Å². The van der Waals surface area contributed by atoms with E-state index in [0.717, 1.165) is 33.3 Å². The zero-order valence-electron chi connectivity index (χ0n) is 18.9. The van der Waals surface area contributed by atoms with E-state index in [4.69, 9.17) is 5.73 Å². The third-order valence-corrected chi connectivity index (χ3v) is 5.74. The molecule has 0 aliphatic heterocycles. The number of aliphatic hydroxyl groups is 1. The van der Waals surface area contributed by atoms with Crippen LogP contribution < -0.4 is 11.1 Å². The number of nitrogens with one attached hydrogen (secondary N) is 1. The molecule has 0 aliphatic rings. The monoisotopic (exact) mass is 438 g/mol. The van der Waals surface area contributed by atoms with Crippen LogP contribution in [0.2, 0.25) is 0 Å². The van der Waals surface area contributed by atoms with Gasteiger partial charge in [0, 0.05) is 47.7 Å². The van der Waals surface area contributed by atoms with Crippen molar-refractivity contribution in [2.24, 2.45) is 0 Å². The molecule has 0 saturated heterocycles. The van der Waals surface area contributed by atoms with E-state index >= 15 is 0 Å². The maximum atomic E-state index is 11.1. The molecule has 4 rings (SSSR count). The number of nitrogens with two attached hydrogens (primary N) is 1. The zero-order chi connectivity index (χ0) is 23.6. The molecule has 33 heavy (non-hydrogen) atoms. The molecule has 1 atom stereocenters. The van der Waals surface area contributed by atoms with Crippen LogP contribution >= 0.6 is 0 Å². The lowest BCUT2D eigenvalue weighted by atomic mass is 10.0. The van der Waals surface area contributed by atoms with Gasteiger partial charge in [0.05, 0.1) is 11.1 Å². The van der Waals surface area contributed by atoms with Gasteiger partial charge in [-0.1, -0.05) is 6.07 Å². The summed E-state index contributed by atoms with van der Waals surface area (Å²) in [4.78, 5) is 13.2. The molecule has 0 amide bonds. The Bertz CT molecular complexity index is 1370. The minimum Gasteiger partial charge on any atom is -0.383 e. The van der Waals surface area contributed by atoms with Gasteiger partial charge in [0.2, 0.25) is 0 Å². The molecular formula is C26H26N6O. The molecule has 4 N–H and O–H groups in total. The van der Waals surface area contributed by atoms with Gasteiger partial charge >= 0.3 is 0 Å². The van der Waals surface area contributed by atoms with Crippen molar-refractivity contribution in [1.29, 1.82) is 5.26 Å². The molecule has 0 radical (unpaired) electrons. The van der Waals surface area contributed by atoms with E-state index in [1.807, 2.05) is 38.2 Å². The summed E-state index contributed by atoms with van der Waals surface area (Å²) < 4.78 is 0. The predicted octanol–water partition coefficient (Wildman–Crippen LogP) is 3.64. The molecular weight excluding hydrogens is 412 g/mol. The van der Waals surface area contributed by atoms with Gasteiger partial charge in [0.15, 0.2) is 0 Å². The second-order valence-corrected chi connectivity index (χ2v) is 8.46. The molecule has 0 bridgehead atoms. The van der Waals surface area contributed by atoms with Crippen molar-refractivity contribution in [3.63, 3.8) is 0 Å². The maximum absolute atomic E-state index is 11.1. The van der Waals surface area contributed by atoms with Crippen LogP contribution in [0, 0.1) is 25.2 Å². The first-order valence-corrected chi connectivity index (χ1v) is 10.7. The average molecular weight is 439 g/mol. The maximum Gasteiger partial charge on any atom is 0.141 e. The number of anilines is 1. The molecule has 0 spiro atoms. The lowest BCUT2D eigenvalue weighted by Crippen LogP contribution is -2.39. The summed E-state index contributed by atoms with van der Waals surface area (Å²) in [6.45, 7) is 5.88. The van der Waals surface area contributed by atoms with Crippen molar-refractivity contribution < 1.29 is 5.11 Å². The minimum absolute atomic E-state index is 0.212. The van der Waals surface area contributed by atoms with Gasteiger partial charge in [-0.3, -0.25) is 15.3 Å². The number of fused-ring (bicyclic) bond motifs is 1. The largest absolute Gasteiger partial charge is 0.383 e. The van der Waals surface area contributed by atoms with E-state index in [1.54, 1.807) is 25.3 Å². The standard InChI is InChI=1S/C26H26N6O/c1-16-8-19-9-18(4-5-24(19)30-14-16)10-23-12-22(6-7-29-23)26(3,33)31-15-21-11-20(13-27)25(28)32-17(21)2/h4-9,11-12,14,31,33H,10,15H2,1-3H3,(H2,28,32). The van der Waals surface area contributed by atoms with Crippen molar-refractivity contribution in [2.75, 3.05) is 5.73 Å². The van der Waals surface area contributed by atoms with Crippen LogP contribution in [0.5, 0.6) is 0 Å². The fraction of sp³-hybridized carbons (Fsp3) is 0.231. The first-order valence-electron chi connectivity index (χ1n) is 10.7.